The molecule has 0 atom stereocenters. The molecular weight excluding hydrogens is 454 g/mol. The molecule has 3 amide bonds. The number of amides is 3. The lowest BCUT2D eigenvalue weighted by molar-refractivity contribution is -0.119. The van der Waals surface area contributed by atoms with E-state index >= 15 is 0 Å². The minimum atomic E-state index is -0.868. The van der Waals surface area contributed by atoms with Crippen LogP contribution in [0.5, 0.6) is 0 Å². The first-order valence-electron chi connectivity index (χ1n) is 10.7. The quantitative estimate of drug-likeness (QED) is 0.451. The summed E-state index contributed by atoms with van der Waals surface area (Å²) >= 11 is 0. The van der Waals surface area contributed by atoms with E-state index in [4.69, 9.17) is 10.5 Å². The van der Waals surface area contributed by atoms with Crippen LogP contribution in [0, 0.1) is 0 Å². The molecule has 3 aromatic rings. The molecule has 1 aromatic heterocycles. The number of hydrogen-bond donors (Lipinski definition) is 2. The summed E-state index contributed by atoms with van der Waals surface area (Å²) in [6, 6.07) is 15.1. The van der Waals surface area contributed by atoms with Gasteiger partial charge in [-0.05, 0) is 17.7 Å². The van der Waals surface area contributed by atoms with Crippen LogP contribution in [0.3, 0.4) is 0 Å². The smallest absolute Gasteiger partial charge is 0.330 e. The summed E-state index contributed by atoms with van der Waals surface area (Å²) in [5.41, 5.74) is 5.38. The fourth-order valence-corrected chi connectivity index (χ4v) is 3.90. The van der Waals surface area contributed by atoms with E-state index in [9.17, 15) is 24.0 Å². The number of aromatic nitrogens is 2. The average molecular weight is 477 g/mol. The molecule has 0 spiro atoms. The average Bonchev–Trinajstić information content (AvgIpc) is 3.08. The van der Waals surface area contributed by atoms with Gasteiger partial charge in [-0.25, -0.2) is 4.79 Å². The van der Waals surface area contributed by atoms with Gasteiger partial charge in [0.25, 0.3) is 17.4 Å². The van der Waals surface area contributed by atoms with Gasteiger partial charge in [0.15, 0.2) is 5.69 Å². The standard InChI is InChI=1S/C24H23N5O6/c1-35-12-11-27-20(25)19(21(31)26-24(27)34)28(13-15-7-3-2-4-8-15)18(30)14-29-22(32)16-9-5-6-10-17(16)23(29)33/h2-10H,11-14,25H2,1H3,(H,26,31,34). The highest BCUT2D eigenvalue weighted by Crippen LogP contribution is 2.24. The maximum atomic E-state index is 13.5. The minimum absolute atomic E-state index is 0.0384. The molecule has 0 saturated heterocycles. The number of nitrogens with zero attached hydrogens (tertiary/aromatic N) is 3. The summed E-state index contributed by atoms with van der Waals surface area (Å²) in [6.07, 6.45) is 0. The zero-order chi connectivity index (χ0) is 25.1. The molecular formula is C24H23N5O6. The zero-order valence-corrected chi connectivity index (χ0v) is 18.9. The molecule has 180 valence electrons. The van der Waals surface area contributed by atoms with Crippen molar-refractivity contribution in [3.05, 3.63) is 92.1 Å². The Morgan fingerprint density at radius 1 is 0.971 bits per heavy atom. The molecule has 35 heavy (non-hydrogen) atoms. The molecule has 0 radical (unpaired) electrons. The van der Waals surface area contributed by atoms with Gasteiger partial charge < -0.3 is 10.5 Å². The van der Waals surface area contributed by atoms with Crippen molar-refractivity contribution in [2.75, 3.05) is 30.9 Å². The van der Waals surface area contributed by atoms with E-state index in [0.717, 1.165) is 14.4 Å². The first kappa shape index (κ1) is 23.6. The second kappa shape index (κ2) is 9.77. The van der Waals surface area contributed by atoms with Crippen LogP contribution < -0.4 is 21.9 Å². The van der Waals surface area contributed by atoms with Crippen LogP contribution in [0.4, 0.5) is 11.5 Å². The number of carbonyl (C=O) groups excluding carboxylic acids is 3. The molecule has 2 heterocycles. The summed E-state index contributed by atoms with van der Waals surface area (Å²) in [4.78, 5) is 68.4. The highest BCUT2D eigenvalue weighted by Gasteiger charge is 2.38. The van der Waals surface area contributed by atoms with Crippen molar-refractivity contribution in [2.45, 2.75) is 13.1 Å². The van der Waals surface area contributed by atoms with Crippen LogP contribution in [0.15, 0.2) is 64.2 Å². The maximum Gasteiger partial charge on any atom is 0.330 e. The fourth-order valence-electron chi connectivity index (χ4n) is 3.90. The summed E-state index contributed by atoms with van der Waals surface area (Å²) in [5, 5.41) is 0. The number of aromatic amines is 1. The number of rotatable bonds is 8. The third-order valence-corrected chi connectivity index (χ3v) is 5.66. The highest BCUT2D eigenvalue weighted by molar-refractivity contribution is 6.22. The van der Waals surface area contributed by atoms with Gasteiger partial charge in [-0.3, -0.25) is 38.5 Å². The van der Waals surface area contributed by atoms with Crippen molar-refractivity contribution >= 4 is 29.2 Å². The summed E-state index contributed by atoms with van der Waals surface area (Å²) in [5.74, 6) is -2.17. The van der Waals surface area contributed by atoms with Crippen molar-refractivity contribution in [2.24, 2.45) is 0 Å². The Balaban J connectivity index is 1.74. The van der Waals surface area contributed by atoms with Crippen LogP contribution in [-0.2, 0) is 22.6 Å². The van der Waals surface area contributed by atoms with E-state index in [1.54, 1.807) is 42.5 Å². The number of hydrogen-bond acceptors (Lipinski definition) is 7. The van der Waals surface area contributed by atoms with E-state index in [-0.39, 0.29) is 42.3 Å². The summed E-state index contributed by atoms with van der Waals surface area (Å²) < 4.78 is 6.09. The van der Waals surface area contributed by atoms with Gasteiger partial charge in [0, 0.05) is 7.11 Å². The molecule has 11 nitrogen and oxygen atoms in total. The van der Waals surface area contributed by atoms with Crippen LogP contribution in [-0.4, -0.2) is 52.4 Å². The van der Waals surface area contributed by atoms with Crippen molar-refractivity contribution in [3.8, 4) is 0 Å². The van der Waals surface area contributed by atoms with Gasteiger partial charge in [-0.15, -0.1) is 0 Å². The van der Waals surface area contributed by atoms with Crippen molar-refractivity contribution in [3.63, 3.8) is 0 Å². The van der Waals surface area contributed by atoms with Crippen molar-refractivity contribution in [1.82, 2.24) is 14.5 Å². The molecule has 0 aliphatic carbocycles. The van der Waals surface area contributed by atoms with E-state index in [1.165, 1.54) is 19.2 Å². The second-order valence-electron chi connectivity index (χ2n) is 7.85. The third-order valence-electron chi connectivity index (χ3n) is 5.66. The largest absolute Gasteiger partial charge is 0.383 e. The number of ether oxygens (including phenoxy) is 1. The lowest BCUT2D eigenvalue weighted by Gasteiger charge is -2.26. The molecule has 0 fully saturated rings. The number of methoxy groups -OCH3 is 1. The second-order valence-corrected chi connectivity index (χ2v) is 7.85. The van der Waals surface area contributed by atoms with E-state index in [1.807, 2.05) is 0 Å². The van der Waals surface area contributed by atoms with Crippen LogP contribution in [0.2, 0.25) is 0 Å². The Labute approximate surface area is 199 Å². The van der Waals surface area contributed by atoms with Gasteiger partial charge in [-0.2, -0.15) is 0 Å². The first-order chi connectivity index (χ1) is 16.8. The summed E-state index contributed by atoms with van der Waals surface area (Å²) in [6.45, 7) is -0.526. The fraction of sp³-hybridized carbons (Fsp3) is 0.208. The monoisotopic (exact) mass is 477 g/mol. The lowest BCUT2D eigenvalue weighted by Crippen LogP contribution is -2.46. The van der Waals surface area contributed by atoms with E-state index in [2.05, 4.69) is 4.98 Å². The van der Waals surface area contributed by atoms with E-state index < -0.39 is 35.5 Å². The molecule has 1 aliphatic heterocycles. The number of H-pyrrole nitrogens is 1. The molecule has 0 saturated carbocycles. The SMILES string of the molecule is COCCn1c(N)c(N(Cc2ccccc2)C(=O)CN2C(=O)c3ccccc3C2=O)c(=O)[nH]c1=O. The zero-order valence-electron chi connectivity index (χ0n) is 18.9. The van der Waals surface area contributed by atoms with Crippen molar-refractivity contribution < 1.29 is 19.1 Å². The summed E-state index contributed by atoms with van der Waals surface area (Å²) in [7, 11) is 1.45. The van der Waals surface area contributed by atoms with Gasteiger partial charge >= 0.3 is 5.69 Å². The lowest BCUT2D eigenvalue weighted by atomic mass is 10.1. The third kappa shape index (κ3) is 4.49. The Morgan fingerprint density at radius 3 is 2.17 bits per heavy atom. The number of fused-ring (bicyclic) bond motifs is 1. The van der Waals surface area contributed by atoms with Crippen LogP contribution in [0.25, 0.3) is 0 Å². The number of benzene rings is 2. The number of nitrogens with two attached hydrogens (primary N) is 1. The van der Waals surface area contributed by atoms with Gasteiger partial charge in [0.05, 0.1) is 30.8 Å². The molecule has 4 rings (SSSR count). The Bertz CT molecular complexity index is 1380. The first-order valence-corrected chi connectivity index (χ1v) is 10.7. The maximum absolute atomic E-state index is 13.5. The van der Waals surface area contributed by atoms with Crippen LogP contribution in [0.1, 0.15) is 26.3 Å². The van der Waals surface area contributed by atoms with Crippen molar-refractivity contribution in [1.29, 1.82) is 0 Å². The number of anilines is 2. The molecule has 0 unspecified atom stereocenters. The van der Waals surface area contributed by atoms with Crippen LogP contribution >= 0.6 is 0 Å². The Morgan fingerprint density at radius 2 is 1.57 bits per heavy atom. The molecule has 11 heteroatoms. The highest BCUT2D eigenvalue weighted by atomic mass is 16.5. The topological polar surface area (TPSA) is 148 Å². The van der Waals surface area contributed by atoms with Gasteiger partial charge in [-0.1, -0.05) is 42.5 Å². The predicted octanol–water partition coefficient (Wildman–Crippen LogP) is 0.595. The molecule has 3 N–H and O–H groups in total. The number of carbonyl (C=O) groups is 3. The van der Waals surface area contributed by atoms with E-state index in [0.29, 0.717) is 5.56 Å². The molecule has 0 bridgehead atoms. The number of imide groups is 1. The Kier molecular flexibility index (Phi) is 6.60. The number of nitrogen functional groups attached to an aromatic ring is 1. The number of nitrogens with one attached hydrogen (secondary N) is 1. The molecule has 2 aromatic carbocycles. The normalized spacial score (nSPS) is 12.7. The van der Waals surface area contributed by atoms with Gasteiger partial charge in [0.2, 0.25) is 5.91 Å². The molecule has 1 aliphatic rings. The predicted molar refractivity (Wildman–Crippen MR) is 127 cm³/mol. The Hall–Kier alpha value is -4.51. The minimum Gasteiger partial charge on any atom is -0.383 e. The van der Waals surface area contributed by atoms with Gasteiger partial charge in [0.1, 0.15) is 12.4 Å².